The zero-order valence-corrected chi connectivity index (χ0v) is 11.8. The number of esters is 1. The van der Waals surface area contributed by atoms with Crippen molar-refractivity contribution < 1.29 is 22.7 Å². The fraction of sp³-hybridized carbons (Fsp3) is 0.154. The van der Waals surface area contributed by atoms with Crippen molar-refractivity contribution in [3.05, 3.63) is 57.2 Å². The summed E-state index contributed by atoms with van der Waals surface area (Å²) in [7, 11) is 0.931. The number of carbonyl (C=O) groups excluding carboxylic acids is 1. The first-order chi connectivity index (χ1) is 10.2. The lowest BCUT2D eigenvalue weighted by Gasteiger charge is -2.13. The molecule has 0 saturated carbocycles. The first-order valence-corrected chi connectivity index (χ1v) is 6.17. The lowest BCUT2D eigenvalue weighted by molar-refractivity contribution is -0.142. The van der Waals surface area contributed by atoms with Gasteiger partial charge in [-0.25, -0.2) is 9.59 Å². The van der Waals surface area contributed by atoms with E-state index in [2.05, 4.69) is 9.72 Å². The summed E-state index contributed by atoms with van der Waals surface area (Å²) in [5.74, 6) is -1.25. The number of halogens is 4. The third-order valence-electron chi connectivity index (χ3n) is 2.71. The van der Waals surface area contributed by atoms with E-state index in [1.165, 1.54) is 24.3 Å². The molecule has 0 amide bonds. The smallest absolute Gasteiger partial charge is 0.434 e. The van der Waals surface area contributed by atoms with Crippen molar-refractivity contribution in [3.8, 4) is 5.69 Å². The number of ether oxygens (including phenoxy) is 1. The Balaban J connectivity index is 2.70. The zero-order chi connectivity index (χ0) is 16.5. The van der Waals surface area contributed by atoms with Crippen molar-refractivity contribution in [2.24, 2.45) is 0 Å². The Bertz CT molecular complexity index is 770. The predicted octanol–water partition coefficient (Wildman–Crippen LogP) is 2.69. The number of methoxy groups -OCH3 is 1. The first kappa shape index (κ1) is 16.0. The maximum absolute atomic E-state index is 12.9. The van der Waals surface area contributed by atoms with Gasteiger partial charge in [0.05, 0.1) is 12.8 Å². The minimum Gasteiger partial charge on any atom is -0.465 e. The quantitative estimate of drug-likeness (QED) is 0.793. The van der Waals surface area contributed by atoms with Crippen LogP contribution in [-0.4, -0.2) is 22.6 Å². The minimum atomic E-state index is -4.96. The van der Waals surface area contributed by atoms with Crippen LogP contribution in [0.25, 0.3) is 5.69 Å². The van der Waals surface area contributed by atoms with Crippen LogP contribution in [0.3, 0.4) is 0 Å². The Morgan fingerprint density at radius 1 is 1.27 bits per heavy atom. The fourth-order valence-corrected chi connectivity index (χ4v) is 1.84. The molecule has 0 fully saturated rings. The third kappa shape index (κ3) is 3.11. The Morgan fingerprint density at radius 3 is 2.36 bits per heavy atom. The van der Waals surface area contributed by atoms with Gasteiger partial charge in [0.2, 0.25) is 0 Å². The lowest BCUT2D eigenvalue weighted by atomic mass is 10.2. The number of benzene rings is 1. The van der Waals surface area contributed by atoms with Gasteiger partial charge in [0.15, 0.2) is 5.69 Å². The average molecular weight is 333 g/mol. The number of hydrogen-bond donors (Lipinski definition) is 0. The lowest BCUT2D eigenvalue weighted by Crippen LogP contribution is -2.29. The van der Waals surface area contributed by atoms with Gasteiger partial charge in [0.25, 0.3) is 0 Å². The minimum absolute atomic E-state index is 0.209. The van der Waals surface area contributed by atoms with Crippen LogP contribution >= 0.6 is 11.6 Å². The van der Waals surface area contributed by atoms with Crippen molar-refractivity contribution in [3.63, 3.8) is 0 Å². The summed E-state index contributed by atoms with van der Waals surface area (Å²) in [6.07, 6.45) is -4.21. The van der Waals surface area contributed by atoms with Gasteiger partial charge in [-0.2, -0.15) is 18.2 Å². The molecule has 0 aliphatic heterocycles. The van der Waals surface area contributed by atoms with E-state index >= 15 is 0 Å². The number of hydrogen-bond acceptors (Lipinski definition) is 4. The molecule has 0 spiro atoms. The summed E-state index contributed by atoms with van der Waals surface area (Å²) in [4.78, 5) is 26.3. The molecule has 1 heterocycles. The molecule has 116 valence electrons. The van der Waals surface area contributed by atoms with Crippen LogP contribution < -0.4 is 5.69 Å². The van der Waals surface area contributed by atoms with Crippen molar-refractivity contribution in [1.82, 2.24) is 9.55 Å². The van der Waals surface area contributed by atoms with Gasteiger partial charge >= 0.3 is 17.8 Å². The van der Waals surface area contributed by atoms with Crippen LogP contribution in [0, 0.1) is 0 Å². The molecule has 0 atom stereocenters. The molecule has 0 saturated heterocycles. The van der Waals surface area contributed by atoms with E-state index < -0.39 is 29.1 Å². The molecule has 22 heavy (non-hydrogen) atoms. The van der Waals surface area contributed by atoms with E-state index in [1.807, 2.05) is 0 Å². The molecule has 0 unspecified atom stereocenters. The van der Waals surface area contributed by atoms with Crippen LogP contribution in [0.1, 0.15) is 16.1 Å². The highest BCUT2D eigenvalue weighted by molar-refractivity contribution is 6.30. The molecule has 0 aliphatic carbocycles. The average Bonchev–Trinajstić information content (AvgIpc) is 2.46. The molecular weight excluding hydrogens is 325 g/mol. The van der Waals surface area contributed by atoms with E-state index in [4.69, 9.17) is 11.6 Å². The first-order valence-electron chi connectivity index (χ1n) is 5.79. The van der Waals surface area contributed by atoms with Crippen LogP contribution in [0.5, 0.6) is 0 Å². The van der Waals surface area contributed by atoms with Gasteiger partial charge in [-0.3, -0.25) is 4.57 Å². The van der Waals surface area contributed by atoms with Gasteiger partial charge in [0.1, 0.15) is 5.56 Å². The molecule has 0 radical (unpaired) electrons. The largest absolute Gasteiger partial charge is 0.465 e. The van der Waals surface area contributed by atoms with E-state index in [1.54, 1.807) is 0 Å². The van der Waals surface area contributed by atoms with E-state index in [0.29, 0.717) is 5.02 Å². The highest BCUT2D eigenvalue weighted by atomic mass is 35.5. The van der Waals surface area contributed by atoms with Gasteiger partial charge in [0, 0.05) is 11.2 Å². The fourth-order valence-electron chi connectivity index (χ4n) is 1.72. The Morgan fingerprint density at radius 2 is 1.86 bits per heavy atom. The van der Waals surface area contributed by atoms with E-state index in [-0.39, 0.29) is 5.69 Å². The van der Waals surface area contributed by atoms with Crippen LogP contribution in [-0.2, 0) is 10.9 Å². The van der Waals surface area contributed by atoms with Crippen LogP contribution in [0.4, 0.5) is 13.2 Å². The van der Waals surface area contributed by atoms with Crippen LogP contribution in [0.15, 0.2) is 35.3 Å². The summed E-state index contributed by atoms with van der Waals surface area (Å²) in [6.45, 7) is 0. The third-order valence-corrected chi connectivity index (χ3v) is 2.96. The molecule has 1 aromatic carbocycles. The number of carbonyl (C=O) groups is 1. The molecule has 5 nitrogen and oxygen atoms in total. The predicted molar refractivity (Wildman–Crippen MR) is 71.2 cm³/mol. The van der Waals surface area contributed by atoms with Crippen molar-refractivity contribution >= 4 is 17.6 Å². The normalized spacial score (nSPS) is 11.3. The Kier molecular flexibility index (Phi) is 4.23. The highest BCUT2D eigenvalue weighted by Gasteiger charge is 2.38. The number of aromatic nitrogens is 2. The maximum atomic E-state index is 12.9. The maximum Gasteiger partial charge on any atom is 0.434 e. The summed E-state index contributed by atoms with van der Waals surface area (Å²) >= 11 is 5.70. The summed E-state index contributed by atoms with van der Waals surface area (Å²) < 4.78 is 43.7. The summed E-state index contributed by atoms with van der Waals surface area (Å²) in [5.41, 5.74) is -3.41. The van der Waals surface area contributed by atoms with Crippen LogP contribution in [0.2, 0.25) is 5.02 Å². The number of rotatable bonds is 2. The van der Waals surface area contributed by atoms with Gasteiger partial charge in [-0.1, -0.05) is 11.6 Å². The molecule has 0 aliphatic rings. The van der Waals surface area contributed by atoms with Crippen molar-refractivity contribution in [2.75, 3.05) is 7.11 Å². The van der Waals surface area contributed by atoms with Gasteiger partial charge < -0.3 is 4.74 Å². The second-order valence-corrected chi connectivity index (χ2v) is 4.56. The Hall–Kier alpha value is -2.35. The summed E-state index contributed by atoms with van der Waals surface area (Å²) in [6, 6.07) is 5.69. The van der Waals surface area contributed by atoms with E-state index in [9.17, 15) is 22.8 Å². The topological polar surface area (TPSA) is 61.2 Å². The molecule has 2 rings (SSSR count). The van der Waals surface area contributed by atoms with Crippen molar-refractivity contribution in [2.45, 2.75) is 6.18 Å². The zero-order valence-electron chi connectivity index (χ0n) is 11.0. The number of alkyl halides is 3. The second kappa shape index (κ2) is 5.80. The molecule has 0 bridgehead atoms. The van der Waals surface area contributed by atoms with E-state index in [0.717, 1.165) is 17.9 Å². The van der Waals surface area contributed by atoms with Crippen molar-refractivity contribution in [1.29, 1.82) is 0 Å². The molecule has 9 heteroatoms. The summed E-state index contributed by atoms with van der Waals surface area (Å²) in [5, 5.41) is 0.380. The highest BCUT2D eigenvalue weighted by Crippen LogP contribution is 2.30. The second-order valence-electron chi connectivity index (χ2n) is 4.12. The SMILES string of the molecule is COC(=O)c1cn(-c2ccc(Cl)cc2)c(=O)nc1C(F)(F)F. The monoisotopic (exact) mass is 332 g/mol. The molecule has 0 N–H and O–H groups in total. The standard InChI is InChI=1S/C13H8ClF3N2O3/c1-22-11(20)9-6-19(8-4-2-7(14)3-5-8)12(21)18-10(9)13(15,16)17/h2-6H,1H3. The molecule has 1 aromatic heterocycles. The molecular formula is C13H8ClF3N2O3. The molecule has 2 aromatic rings. The number of nitrogens with zero attached hydrogens (tertiary/aromatic N) is 2. The van der Waals surface area contributed by atoms with Gasteiger partial charge in [-0.15, -0.1) is 0 Å². The van der Waals surface area contributed by atoms with Gasteiger partial charge in [-0.05, 0) is 24.3 Å². The Labute approximate surface area is 126 Å².